The van der Waals surface area contributed by atoms with Gasteiger partial charge in [-0.3, -0.25) is 9.59 Å². The Morgan fingerprint density at radius 3 is 2.33 bits per heavy atom. The van der Waals surface area contributed by atoms with Gasteiger partial charge in [0.05, 0.1) is 5.39 Å². The van der Waals surface area contributed by atoms with Gasteiger partial charge in [0.15, 0.2) is 5.43 Å². The summed E-state index contributed by atoms with van der Waals surface area (Å²) in [5.41, 5.74) is 2.83. The number of nitrogens with one attached hydrogen (secondary N) is 1. The zero-order valence-electron chi connectivity index (χ0n) is 17.7. The molecule has 7 heteroatoms. The smallest absolute Gasteiger partial charge is 0.326 e. The molecular formula is C26H21NO6. The van der Waals surface area contributed by atoms with Crippen LogP contribution in [0.4, 0.5) is 0 Å². The van der Waals surface area contributed by atoms with Gasteiger partial charge in [-0.05, 0) is 48.9 Å². The van der Waals surface area contributed by atoms with E-state index in [4.69, 9.17) is 4.42 Å². The van der Waals surface area contributed by atoms with Crippen molar-refractivity contribution < 1.29 is 24.2 Å². The summed E-state index contributed by atoms with van der Waals surface area (Å²) >= 11 is 0. The van der Waals surface area contributed by atoms with Gasteiger partial charge in [0, 0.05) is 23.6 Å². The van der Waals surface area contributed by atoms with Crippen LogP contribution >= 0.6 is 0 Å². The highest BCUT2D eigenvalue weighted by atomic mass is 16.4. The third kappa shape index (κ3) is 4.93. The fourth-order valence-corrected chi connectivity index (χ4v) is 3.51. The summed E-state index contributed by atoms with van der Waals surface area (Å²) in [6.45, 7) is 1.90. The third-order valence-electron chi connectivity index (χ3n) is 5.29. The van der Waals surface area contributed by atoms with E-state index in [0.717, 1.165) is 5.56 Å². The van der Waals surface area contributed by atoms with Crippen LogP contribution in [0.1, 0.15) is 21.5 Å². The summed E-state index contributed by atoms with van der Waals surface area (Å²) in [4.78, 5) is 36.7. The van der Waals surface area contributed by atoms with E-state index in [1.165, 1.54) is 18.2 Å². The number of aliphatic carboxylic acids is 1. The average molecular weight is 443 g/mol. The van der Waals surface area contributed by atoms with Crippen LogP contribution in [0.25, 0.3) is 22.3 Å². The molecule has 0 aliphatic rings. The van der Waals surface area contributed by atoms with E-state index in [1.807, 2.05) is 13.0 Å². The summed E-state index contributed by atoms with van der Waals surface area (Å²) in [6, 6.07) is 18.2. The Morgan fingerprint density at radius 2 is 1.67 bits per heavy atom. The number of carbonyl (C=O) groups is 2. The molecule has 0 saturated heterocycles. The molecule has 0 saturated carbocycles. The number of phenols is 1. The van der Waals surface area contributed by atoms with Crippen LogP contribution in [0.5, 0.6) is 5.75 Å². The van der Waals surface area contributed by atoms with Crippen molar-refractivity contribution in [1.29, 1.82) is 0 Å². The summed E-state index contributed by atoms with van der Waals surface area (Å²) < 4.78 is 5.86. The third-order valence-corrected chi connectivity index (χ3v) is 5.29. The van der Waals surface area contributed by atoms with Crippen molar-refractivity contribution in [2.75, 3.05) is 0 Å². The number of fused-ring (bicyclic) bond motifs is 1. The zero-order chi connectivity index (χ0) is 23.5. The lowest BCUT2D eigenvalue weighted by atomic mass is 10.0. The Labute approximate surface area is 188 Å². The van der Waals surface area contributed by atoms with Gasteiger partial charge in [0.25, 0.3) is 5.91 Å². The number of carboxylic acids is 1. The van der Waals surface area contributed by atoms with E-state index in [2.05, 4.69) is 5.32 Å². The molecule has 3 aromatic carbocycles. The second-order valence-electron chi connectivity index (χ2n) is 7.79. The molecule has 0 fully saturated rings. The number of carboxylic acid groups (broad SMARTS) is 1. The molecule has 7 nitrogen and oxygen atoms in total. The van der Waals surface area contributed by atoms with Crippen LogP contribution in [-0.4, -0.2) is 28.1 Å². The molecule has 0 aliphatic carbocycles. The molecule has 1 atom stereocenters. The molecule has 0 radical (unpaired) electrons. The Hall–Kier alpha value is -4.39. The van der Waals surface area contributed by atoms with Gasteiger partial charge in [-0.15, -0.1) is 0 Å². The van der Waals surface area contributed by atoms with Crippen molar-refractivity contribution >= 4 is 22.8 Å². The van der Waals surface area contributed by atoms with Crippen LogP contribution in [0, 0.1) is 6.92 Å². The molecule has 1 aromatic heterocycles. The van der Waals surface area contributed by atoms with Crippen molar-refractivity contribution in [2.45, 2.75) is 19.4 Å². The first-order chi connectivity index (χ1) is 15.8. The van der Waals surface area contributed by atoms with E-state index in [0.29, 0.717) is 27.9 Å². The molecule has 33 heavy (non-hydrogen) atoms. The maximum absolute atomic E-state index is 12.6. The molecule has 0 spiro atoms. The lowest BCUT2D eigenvalue weighted by Gasteiger charge is -2.15. The van der Waals surface area contributed by atoms with E-state index in [-0.39, 0.29) is 23.2 Å². The second-order valence-corrected chi connectivity index (χ2v) is 7.79. The van der Waals surface area contributed by atoms with Gasteiger partial charge in [-0.2, -0.15) is 0 Å². The monoisotopic (exact) mass is 443 g/mol. The molecular weight excluding hydrogens is 422 g/mol. The Balaban J connectivity index is 1.52. The summed E-state index contributed by atoms with van der Waals surface area (Å²) in [5.74, 6) is -1.25. The van der Waals surface area contributed by atoms with Gasteiger partial charge in [-0.1, -0.05) is 35.9 Å². The first-order valence-corrected chi connectivity index (χ1v) is 10.3. The SMILES string of the molecule is Cc1ccc2oc(-c3ccc(C(=O)NC(Cc4ccc(O)cc4)C(=O)O)cc3)cc(=O)c2c1. The van der Waals surface area contributed by atoms with Crippen molar-refractivity contribution in [2.24, 2.45) is 0 Å². The van der Waals surface area contributed by atoms with Gasteiger partial charge in [0.1, 0.15) is 23.1 Å². The number of rotatable bonds is 6. The van der Waals surface area contributed by atoms with E-state index in [9.17, 15) is 24.6 Å². The quantitative estimate of drug-likeness (QED) is 0.416. The van der Waals surface area contributed by atoms with Crippen molar-refractivity contribution in [3.63, 3.8) is 0 Å². The Kier molecular flexibility index (Phi) is 5.95. The van der Waals surface area contributed by atoms with Crippen molar-refractivity contribution in [1.82, 2.24) is 5.32 Å². The predicted octanol–water partition coefficient (Wildman–Crippen LogP) is 3.90. The average Bonchev–Trinajstić information content (AvgIpc) is 2.80. The van der Waals surface area contributed by atoms with Gasteiger partial charge in [-0.25, -0.2) is 4.79 Å². The highest BCUT2D eigenvalue weighted by molar-refractivity contribution is 5.97. The topological polar surface area (TPSA) is 117 Å². The minimum atomic E-state index is -1.17. The van der Waals surface area contributed by atoms with Crippen LogP contribution in [0.3, 0.4) is 0 Å². The molecule has 166 valence electrons. The lowest BCUT2D eigenvalue weighted by molar-refractivity contribution is -0.139. The highest BCUT2D eigenvalue weighted by Crippen LogP contribution is 2.23. The molecule has 4 aromatic rings. The Morgan fingerprint density at radius 1 is 0.970 bits per heavy atom. The fraction of sp³-hybridized carbons (Fsp3) is 0.115. The van der Waals surface area contributed by atoms with Gasteiger partial charge in [0.2, 0.25) is 0 Å². The predicted molar refractivity (Wildman–Crippen MR) is 123 cm³/mol. The van der Waals surface area contributed by atoms with Crippen LogP contribution in [-0.2, 0) is 11.2 Å². The summed E-state index contributed by atoms with van der Waals surface area (Å²) in [5, 5.41) is 21.9. The van der Waals surface area contributed by atoms with Crippen molar-refractivity contribution in [3.8, 4) is 17.1 Å². The Bertz CT molecular complexity index is 1390. The van der Waals surface area contributed by atoms with Crippen LogP contribution in [0.15, 0.2) is 82.0 Å². The summed E-state index contributed by atoms with van der Waals surface area (Å²) in [7, 11) is 0. The number of hydrogen-bond acceptors (Lipinski definition) is 5. The van der Waals surface area contributed by atoms with E-state index in [1.54, 1.807) is 48.5 Å². The molecule has 4 rings (SSSR count). The van der Waals surface area contributed by atoms with Crippen LogP contribution < -0.4 is 10.7 Å². The minimum Gasteiger partial charge on any atom is -0.508 e. The number of benzene rings is 3. The van der Waals surface area contributed by atoms with Gasteiger partial charge < -0.3 is 19.9 Å². The second kappa shape index (κ2) is 9.00. The zero-order valence-corrected chi connectivity index (χ0v) is 17.7. The molecule has 1 unspecified atom stereocenters. The number of aromatic hydroxyl groups is 1. The van der Waals surface area contributed by atoms with Crippen molar-refractivity contribution in [3.05, 3.63) is 99.7 Å². The van der Waals surface area contributed by atoms with Gasteiger partial charge >= 0.3 is 5.97 Å². The van der Waals surface area contributed by atoms with Crippen LogP contribution in [0.2, 0.25) is 0 Å². The van der Waals surface area contributed by atoms with E-state index < -0.39 is 17.9 Å². The lowest BCUT2D eigenvalue weighted by Crippen LogP contribution is -2.42. The molecule has 0 aliphatic heterocycles. The standard InChI is InChI=1S/C26H21NO6/c1-15-2-11-23-20(12-15)22(29)14-24(33-23)17-5-7-18(8-6-17)25(30)27-21(26(31)32)13-16-3-9-19(28)10-4-16/h2-12,14,21,28H,13H2,1H3,(H,27,30)(H,31,32). The molecule has 1 heterocycles. The number of amides is 1. The fourth-order valence-electron chi connectivity index (χ4n) is 3.51. The maximum atomic E-state index is 12.6. The number of phenolic OH excluding ortho intramolecular Hbond substituents is 1. The largest absolute Gasteiger partial charge is 0.508 e. The maximum Gasteiger partial charge on any atom is 0.326 e. The first kappa shape index (κ1) is 21.8. The van der Waals surface area contributed by atoms with E-state index >= 15 is 0 Å². The normalized spacial score (nSPS) is 11.8. The number of carbonyl (C=O) groups excluding carboxylic acids is 1. The molecule has 1 amide bonds. The minimum absolute atomic E-state index is 0.0706. The summed E-state index contributed by atoms with van der Waals surface area (Å²) in [6.07, 6.45) is 0.0706. The number of aryl methyl sites for hydroxylation is 1. The molecule has 0 bridgehead atoms. The first-order valence-electron chi connectivity index (χ1n) is 10.3. The number of hydrogen-bond donors (Lipinski definition) is 3. The highest BCUT2D eigenvalue weighted by Gasteiger charge is 2.21. The molecule has 3 N–H and O–H groups in total.